The standard InChI is InChI=1S/C20H22N8O5S2/c1-3-6-26-7-5-8-27(26)9-11-10-34-18-13(17(30)28(18)14(11)19(31)32)22-16(29)12(24-33-4-2)15-23-20(21)35-25-15/h3,5,7-8,13,18H,1,4,6,9-10H2,2H3,(H3-,21,22,23,25,29,31,32)/p+1/t13?,18-/m1/s1. The van der Waals surface area contributed by atoms with Crippen LogP contribution in [0.4, 0.5) is 5.13 Å². The zero-order chi connectivity index (χ0) is 25.1. The number of aromatic nitrogens is 4. The maximum Gasteiger partial charge on any atom is 0.352 e. The Hall–Kier alpha value is -3.72. The van der Waals surface area contributed by atoms with E-state index in [1.807, 2.05) is 27.8 Å². The van der Waals surface area contributed by atoms with Gasteiger partial charge in [-0.3, -0.25) is 14.5 Å². The molecule has 15 heteroatoms. The molecule has 1 fully saturated rings. The van der Waals surface area contributed by atoms with E-state index in [0.717, 1.165) is 11.5 Å². The molecule has 0 radical (unpaired) electrons. The molecule has 4 rings (SSSR count). The average Bonchev–Trinajstić information content (AvgIpc) is 3.46. The van der Waals surface area contributed by atoms with Crippen molar-refractivity contribution in [3.8, 4) is 0 Å². The summed E-state index contributed by atoms with van der Waals surface area (Å²) in [5, 5.41) is 15.9. The highest BCUT2D eigenvalue weighted by Gasteiger charge is 2.55. The van der Waals surface area contributed by atoms with Crippen LogP contribution in [0.2, 0.25) is 0 Å². The number of β-lactam (4-membered cyclic amide) rings is 1. The minimum Gasteiger partial charge on any atom is -0.477 e. The third-order valence-electron chi connectivity index (χ3n) is 5.21. The summed E-state index contributed by atoms with van der Waals surface area (Å²) in [6, 6.07) is 0.902. The molecule has 2 aliphatic heterocycles. The van der Waals surface area contributed by atoms with E-state index in [9.17, 15) is 19.5 Å². The quantitative estimate of drug-likeness (QED) is 0.124. The molecule has 0 aromatic carbocycles. The minimum absolute atomic E-state index is 0.0219. The number of oxime groups is 1. The van der Waals surface area contributed by atoms with Crippen molar-refractivity contribution in [3.05, 3.63) is 48.2 Å². The van der Waals surface area contributed by atoms with Crippen LogP contribution in [0.25, 0.3) is 0 Å². The van der Waals surface area contributed by atoms with Crippen molar-refractivity contribution in [2.75, 3.05) is 18.1 Å². The summed E-state index contributed by atoms with van der Waals surface area (Å²) in [4.78, 5) is 48.2. The van der Waals surface area contributed by atoms with Gasteiger partial charge in [-0.25, -0.2) is 4.79 Å². The predicted octanol–water partition coefficient (Wildman–Crippen LogP) is -0.425. The first-order valence-electron chi connectivity index (χ1n) is 10.5. The van der Waals surface area contributed by atoms with Crippen LogP contribution >= 0.6 is 23.3 Å². The molecule has 1 saturated heterocycles. The first-order chi connectivity index (χ1) is 16.8. The van der Waals surface area contributed by atoms with E-state index in [-0.39, 0.29) is 29.0 Å². The Balaban J connectivity index is 1.53. The van der Waals surface area contributed by atoms with Crippen LogP contribution in [-0.2, 0) is 32.3 Å². The molecule has 0 spiro atoms. The largest absolute Gasteiger partial charge is 0.477 e. The van der Waals surface area contributed by atoms with Crippen LogP contribution in [-0.4, -0.2) is 71.3 Å². The average molecular weight is 520 g/mol. The van der Waals surface area contributed by atoms with Crippen LogP contribution in [0.5, 0.6) is 0 Å². The van der Waals surface area contributed by atoms with Gasteiger partial charge >= 0.3 is 5.97 Å². The number of nitrogens with zero attached hydrogens (tertiary/aromatic N) is 6. The van der Waals surface area contributed by atoms with Gasteiger partial charge in [-0.15, -0.1) is 23.0 Å². The SMILES string of the molecule is C=CCn1ccc[n+]1CC1=C(C(=O)O)N2C(=O)C(NC(=O)C(=NOCC)c3nsc(N)n3)[C@H]2SC1. The molecule has 2 aromatic heterocycles. The fourth-order valence-electron chi connectivity index (χ4n) is 3.70. The number of carbonyl (C=O) groups excluding carboxylic acids is 2. The molecule has 2 amide bonds. The number of aliphatic carboxylic acids is 1. The molecule has 4 heterocycles. The summed E-state index contributed by atoms with van der Waals surface area (Å²) < 4.78 is 7.72. The van der Waals surface area contributed by atoms with Crippen molar-refractivity contribution in [1.29, 1.82) is 0 Å². The first-order valence-corrected chi connectivity index (χ1v) is 12.3. The Morgan fingerprint density at radius 2 is 2.31 bits per heavy atom. The Morgan fingerprint density at radius 1 is 1.51 bits per heavy atom. The van der Waals surface area contributed by atoms with Crippen LogP contribution in [0.1, 0.15) is 12.7 Å². The lowest BCUT2D eigenvalue weighted by atomic mass is 10.0. The number of nitrogen functional groups attached to an aromatic ring is 1. The van der Waals surface area contributed by atoms with Crippen molar-refractivity contribution in [1.82, 2.24) is 24.3 Å². The van der Waals surface area contributed by atoms with Crippen molar-refractivity contribution < 1.29 is 29.0 Å². The van der Waals surface area contributed by atoms with Gasteiger partial charge in [0, 0.05) is 28.9 Å². The first kappa shape index (κ1) is 24.4. The summed E-state index contributed by atoms with van der Waals surface area (Å²) in [6.07, 6.45) is 5.42. The van der Waals surface area contributed by atoms with Crippen LogP contribution in [0.15, 0.2) is 47.5 Å². The summed E-state index contributed by atoms with van der Waals surface area (Å²) in [6.45, 7) is 6.48. The number of hydrogen-bond donors (Lipinski definition) is 3. The number of nitrogens with two attached hydrogens (primary N) is 1. The van der Waals surface area contributed by atoms with Crippen molar-refractivity contribution in [2.24, 2.45) is 5.16 Å². The number of nitrogens with one attached hydrogen (secondary N) is 1. The van der Waals surface area contributed by atoms with Gasteiger partial charge in [0.25, 0.3) is 11.8 Å². The monoisotopic (exact) mass is 519 g/mol. The number of carboxylic acid groups (broad SMARTS) is 1. The van der Waals surface area contributed by atoms with Gasteiger partial charge in [0.15, 0.2) is 17.9 Å². The Bertz CT molecular complexity index is 1240. The summed E-state index contributed by atoms with van der Waals surface area (Å²) >= 11 is 2.26. The van der Waals surface area contributed by atoms with Crippen LogP contribution < -0.4 is 15.7 Å². The number of anilines is 1. The topological polar surface area (TPSA) is 169 Å². The molecule has 0 aliphatic carbocycles. The number of thioether (sulfide) groups is 1. The predicted molar refractivity (Wildman–Crippen MR) is 127 cm³/mol. The third kappa shape index (κ3) is 4.77. The molecule has 2 aromatic rings. The number of amides is 2. The van der Waals surface area contributed by atoms with Crippen molar-refractivity contribution in [3.63, 3.8) is 0 Å². The van der Waals surface area contributed by atoms with E-state index in [1.54, 1.807) is 13.0 Å². The van der Waals surface area contributed by atoms with E-state index in [2.05, 4.69) is 26.4 Å². The highest BCUT2D eigenvalue weighted by molar-refractivity contribution is 8.00. The van der Waals surface area contributed by atoms with Gasteiger partial charge in [-0.1, -0.05) is 11.2 Å². The Labute approximate surface area is 208 Å². The van der Waals surface area contributed by atoms with E-state index in [4.69, 9.17) is 10.6 Å². The van der Waals surface area contributed by atoms with Gasteiger partial charge in [0.05, 0.1) is 12.7 Å². The summed E-state index contributed by atoms with van der Waals surface area (Å²) in [5.41, 5.74) is 5.91. The molecule has 0 saturated carbocycles. The molecule has 0 bridgehead atoms. The number of carboxylic acids is 1. The fraction of sp³-hybridized carbons (Fsp3) is 0.350. The van der Waals surface area contributed by atoms with Gasteiger partial charge in [0.1, 0.15) is 23.7 Å². The van der Waals surface area contributed by atoms with Crippen LogP contribution in [0, 0.1) is 0 Å². The van der Waals surface area contributed by atoms with Gasteiger partial charge < -0.3 is 21.0 Å². The second kappa shape index (κ2) is 10.3. The van der Waals surface area contributed by atoms with Crippen LogP contribution in [0.3, 0.4) is 0 Å². The maximum atomic E-state index is 13.0. The van der Waals surface area contributed by atoms with Crippen molar-refractivity contribution >= 4 is 51.9 Å². The lowest BCUT2D eigenvalue weighted by Crippen LogP contribution is -2.71. The van der Waals surface area contributed by atoms with E-state index < -0.39 is 29.2 Å². The molecule has 13 nitrogen and oxygen atoms in total. The molecule has 1 unspecified atom stereocenters. The molecular formula is C20H23N8O5S2+. The minimum atomic E-state index is -1.20. The Morgan fingerprint density at radius 3 is 2.97 bits per heavy atom. The fourth-order valence-corrected chi connectivity index (χ4v) is 5.47. The number of allylic oxidation sites excluding steroid dienone is 1. The highest BCUT2D eigenvalue weighted by Crippen LogP contribution is 2.40. The molecular weight excluding hydrogens is 496 g/mol. The third-order valence-corrected chi connectivity index (χ3v) is 7.09. The van der Waals surface area contributed by atoms with E-state index in [1.165, 1.54) is 16.7 Å². The zero-order valence-corrected chi connectivity index (χ0v) is 20.3. The molecule has 184 valence electrons. The number of hydrogen-bond acceptors (Lipinski definition) is 10. The second-order valence-electron chi connectivity index (χ2n) is 7.43. The van der Waals surface area contributed by atoms with E-state index in [0.29, 0.717) is 24.4 Å². The number of fused-ring (bicyclic) bond motifs is 1. The van der Waals surface area contributed by atoms with Gasteiger partial charge in [-0.2, -0.15) is 14.0 Å². The molecule has 2 aliphatic rings. The maximum absolute atomic E-state index is 13.0. The smallest absolute Gasteiger partial charge is 0.352 e. The van der Waals surface area contributed by atoms with Gasteiger partial charge in [0.2, 0.25) is 11.5 Å². The highest BCUT2D eigenvalue weighted by atomic mass is 32.2. The lowest BCUT2D eigenvalue weighted by molar-refractivity contribution is -0.767. The summed E-state index contributed by atoms with van der Waals surface area (Å²) in [5.74, 6) is -2.10. The zero-order valence-electron chi connectivity index (χ0n) is 18.7. The van der Waals surface area contributed by atoms with Crippen molar-refractivity contribution in [2.45, 2.75) is 31.4 Å². The van der Waals surface area contributed by atoms with E-state index >= 15 is 0 Å². The number of carbonyl (C=O) groups is 3. The molecule has 4 N–H and O–H groups in total. The lowest BCUT2D eigenvalue weighted by Gasteiger charge is -2.49. The Kier molecular flexibility index (Phi) is 7.16. The normalized spacial score (nSPS) is 19.7. The molecule has 35 heavy (non-hydrogen) atoms. The van der Waals surface area contributed by atoms with Gasteiger partial charge in [-0.05, 0) is 6.92 Å². The second-order valence-corrected chi connectivity index (χ2v) is 9.32. The number of rotatable bonds is 10. The molecule has 2 atom stereocenters. The summed E-state index contributed by atoms with van der Waals surface area (Å²) in [7, 11) is 0.